The molecular weight excluding hydrogens is 198 g/mol. The lowest BCUT2D eigenvalue weighted by molar-refractivity contribution is -0.130. The van der Waals surface area contributed by atoms with Crippen LogP contribution in [0.1, 0.15) is 20.8 Å². The minimum Gasteiger partial charge on any atom is -0.394 e. The predicted molar refractivity (Wildman–Crippen MR) is 56.6 cm³/mol. The maximum Gasteiger partial charge on any atom is 0.246 e. The van der Waals surface area contributed by atoms with E-state index in [1.807, 2.05) is 20.8 Å². The molecule has 0 atom stereocenters. The number of aliphatic hydroxyl groups is 1. The molecule has 0 aromatic heterocycles. The number of ether oxygens (including phenoxy) is 2. The van der Waals surface area contributed by atoms with E-state index in [4.69, 9.17) is 14.6 Å². The van der Waals surface area contributed by atoms with Gasteiger partial charge in [0.05, 0.1) is 25.4 Å². The normalized spacial score (nSPS) is 11.5. The van der Waals surface area contributed by atoms with Crippen molar-refractivity contribution in [1.29, 1.82) is 0 Å². The van der Waals surface area contributed by atoms with Gasteiger partial charge in [-0.15, -0.1) is 0 Å². The summed E-state index contributed by atoms with van der Waals surface area (Å²) in [6.07, 6.45) is 0. The number of carbonyl (C=O) groups is 1. The van der Waals surface area contributed by atoms with Gasteiger partial charge in [0.25, 0.3) is 0 Å². The first kappa shape index (κ1) is 14.3. The van der Waals surface area contributed by atoms with E-state index in [1.54, 1.807) is 0 Å². The van der Waals surface area contributed by atoms with Gasteiger partial charge in [-0.3, -0.25) is 4.79 Å². The highest BCUT2D eigenvalue weighted by atomic mass is 16.5. The summed E-state index contributed by atoms with van der Waals surface area (Å²) in [6, 6.07) is 0. The molecule has 0 unspecified atom stereocenters. The van der Waals surface area contributed by atoms with Gasteiger partial charge in [0.15, 0.2) is 0 Å². The Balaban J connectivity index is 3.34. The highest BCUT2D eigenvalue weighted by Gasteiger charge is 2.12. The maximum absolute atomic E-state index is 11.2. The number of carbonyl (C=O) groups excluding carboxylic acids is 1. The fraction of sp³-hybridized carbons (Fsp3) is 0.900. The molecular formula is C10H21NO4. The second kappa shape index (κ2) is 7.62. The molecule has 0 heterocycles. The number of nitrogens with one attached hydrogen (secondary N) is 1. The predicted octanol–water partition coefficient (Wildman–Crippen LogP) is -0.0734. The third kappa shape index (κ3) is 11.3. The monoisotopic (exact) mass is 219 g/mol. The Hall–Kier alpha value is -0.650. The molecule has 0 aliphatic carbocycles. The molecule has 15 heavy (non-hydrogen) atoms. The summed E-state index contributed by atoms with van der Waals surface area (Å²) in [5, 5.41) is 11.1. The van der Waals surface area contributed by atoms with Crippen LogP contribution < -0.4 is 5.32 Å². The van der Waals surface area contributed by atoms with E-state index < -0.39 is 0 Å². The van der Waals surface area contributed by atoms with E-state index >= 15 is 0 Å². The van der Waals surface area contributed by atoms with Crippen molar-refractivity contribution < 1.29 is 19.4 Å². The first-order valence-electron chi connectivity index (χ1n) is 5.05. The first-order valence-corrected chi connectivity index (χ1v) is 5.05. The average molecular weight is 219 g/mol. The molecule has 5 heteroatoms. The third-order valence-electron chi connectivity index (χ3n) is 1.44. The minimum atomic E-state index is -0.301. The summed E-state index contributed by atoms with van der Waals surface area (Å²) in [5.74, 6) is -0.155. The van der Waals surface area contributed by atoms with Crippen molar-refractivity contribution in [2.24, 2.45) is 0 Å². The Labute approximate surface area is 90.8 Å². The summed E-state index contributed by atoms with van der Waals surface area (Å²) >= 11 is 0. The molecule has 0 aromatic rings. The Morgan fingerprint density at radius 2 is 2.00 bits per heavy atom. The maximum atomic E-state index is 11.2. The number of rotatable bonds is 7. The van der Waals surface area contributed by atoms with Gasteiger partial charge in [-0.05, 0) is 20.8 Å². The van der Waals surface area contributed by atoms with E-state index in [-0.39, 0.29) is 24.7 Å². The molecule has 90 valence electrons. The van der Waals surface area contributed by atoms with Crippen molar-refractivity contribution in [3.63, 3.8) is 0 Å². The minimum absolute atomic E-state index is 0.00107. The van der Waals surface area contributed by atoms with Crippen molar-refractivity contribution in [2.75, 3.05) is 33.0 Å². The lowest BCUT2D eigenvalue weighted by Gasteiger charge is -2.18. The Bertz CT molecular complexity index is 177. The summed E-state index contributed by atoms with van der Waals surface area (Å²) in [6.45, 7) is 6.88. The van der Waals surface area contributed by atoms with Crippen molar-refractivity contribution in [3.8, 4) is 0 Å². The van der Waals surface area contributed by atoms with Gasteiger partial charge in [0, 0.05) is 6.54 Å². The number of hydrogen-bond donors (Lipinski definition) is 2. The van der Waals surface area contributed by atoms with Crippen LogP contribution in [0.4, 0.5) is 0 Å². The fourth-order valence-electron chi connectivity index (χ4n) is 0.762. The van der Waals surface area contributed by atoms with Crippen LogP contribution >= 0.6 is 0 Å². The molecule has 2 N–H and O–H groups in total. The molecule has 0 saturated heterocycles. The molecule has 0 radical (unpaired) electrons. The summed E-state index contributed by atoms with van der Waals surface area (Å²) in [5.41, 5.74) is -0.301. The van der Waals surface area contributed by atoms with Crippen molar-refractivity contribution in [2.45, 2.75) is 26.4 Å². The number of hydrogen-bond acceptors (Lipinski definition) is 4. The molecule has 0 saturated carbocycles. The fourth-order valence-corrected chi connectivity index (χ4v) is 0.762. The SMILES string of the molecule is CC(C)(C)OCC(=O)NCCOCCO. The molecule has 0 aromatic carbocycles. The van der Waals surface area contributed by atoms with Gasteiger partial charge >= 0.3 is 0 Å². The van der Waals surface area contributed by atoms with E-state index in [2.05, 4.69) is 5.32 Å². The first-order chi connectivity index (χ1) is 6.95. The third-order valence-corrected chi connectivity index (χ3v) is 1.44. The van der Waals surface area contributed by atoms with Gasteiger partial charge in [-0.2, -0.15) is 0 Å². The van der Waals surface area contributed by atoms with Crippen LogP contribution in [0.15, 0.2) is 0 Å². The lowest BCUT2D eigenvalue weighted by atomic mass is 10.2. The van der Waals surface area contributed by atoms with Crippen LogP contribution in [0.3, 0.4) is 0 Å². The quantitative estimate of drug-likeness (QED) is 0.588. The molecule has 0 bridgehead atoms. The van der Waals surface area contributed by atoms with Crippen molar-refractivity contribution in [3.05, 3.63) is 0 Å². The van der Waals surface area contributed by atoms with Crippen LogP contribution in [-0.4, -0.2) is 49.6 Å². The van der Waals surface area contributed by atoms with Crippen molar-refractivity contribution >= 4 is 5.91 Å². The smallest absolute Gasteiger partial charge is 0.246 e. The van der Waals surface area contributed by atoms with Crippen LogP contribution in [0.25, 0.3) is 0 Å². The van der Waals surface area contributed by atoms with Gasteiger partial charge < -0.3 is 19.9 Å². The highest BCUT2D eigenvalue weighted by molar-refractivity contribution is 5.77. The largest absolute Gasteiger partial charge is 0.394 e. The summed E-state index contributed by atoms with van der Waals surface area (Å²) in [7, 11) is 0. The summed E-state index contributed by atoms with van der Waals surface area (Å²) in [4.78, 5) is 11.2. The standard InChI is InChI=1S/C10H21NO4/c1-10(2,3)15-8-9(13)11-4-6-14-7-5-12/h12H,4-8H2,1-3H3,(H,11,13). The Kier molecular flexibility index (Phi) is 7.29. The summed E-state index contributed by atoms with van der Waals surface area (Å²) < 4.78 is 10.2. The van der Waals surface area contributed by atoms with E-state index in [9.17, 15) is 4.79 Å². The lowest BCUT2D eigenvalue weighted by Crippen LogP contribution is -2.34. The van der Waals surface area contributed by atoms with Gasteiger partial charge in [0.2, 0.25) is 5.91 Å². The molecule has 0 spiro atoms. The second-order valence-corrected chi connectivity index (χ2v) is 4.09. The average Bonchev–Trinajstić information content (AvgIpc) is 2.13. The zero-order chi connectivity index (χ0) is 11.7. The zero-order valence-corrected chi connectivity index (χ0v) is 9.71. The molecule has 5 nitrogen and oxygen atoms in total. The molecule has 0 fully saturated rings. The van der Waals surface area contributed by atoms with Gasteiger partial charge in [-0.25, -0.2) is 0 Å². The van der Waals surface area contributed by atoms with E-state index in [0.717, 1.165) is 0 Å². The number of aliphatic hydroxyl groups excluding tert-OH is 1. The van der Waals surface area contributed by atoms with Gasteiger partial charge in [0.1, 0.15) is 6.61 Å². The molecule has 0 aliphatic heterocycles. The second-order valence-electron chi connectivity index (χ2n) is 4.09. The Morgan fingerprint density at radius 3 is 2.53 bits per heavy atom. The van der Waals surface area contributed by atoms with Crippen LogP contribution in [0, 0.1) is 0 Å². The number of amides is 1. The van der Waals surface area contributed by atoms with E-state index in [0.29, 0.717) is 19.8 Å². The zero-order valence-electron chi connectivity index (χ0n) is 9.71. The molecule has 0 rings (SSSR count). The highest BCUT2D eigenvalue weighted by Crippen LogP contribution is 2.05. The molecule has 0 aliphatic rings. The van der Waals surface area contributed by atoms with Gasteiger partial charge in [-0.1, -0.05) is 0 Å². The topological polar surface area (TPSA) is 67.8 Å². The van der Waals surface area contributed by atoms with Crippen LogP contribution in [0.2, 0.25) is 0 Å². The van der Waals surface area contributed by atoms with Crippen LogP contribution in [-0.2, 0) is 14.3 Å². The van der Waals surface area contributed by atoms with E-state index in [1.165, 1.54) is 0 Å². The Morgan fingerprint density at radius 1 is 1.33 bits per heavy atom. The van der Waals surface area contributed by atoms with Crippen LogP contribution in [0.5, 0.6) is 0 Å². The van der Waals surface area contributed by atoms with Crippen molar-refractivity contribution in [1.82, 2.24) is 5.32 Å². The molecule has 1 amide bonds.